The minimum atomic E-state index is 0.509. The molecule has 0 saturated heterocycles. The molecule has 1 nitrogen and oxygen atoms in total. The van der Waals surface area contributed by atoms with Crippen molar-refractivity contribution in [2.45, 2.75) is 24.8 Å². The second-order valence-corrected chi connectivity index (χ2v) is 3.78. The van der Waals surface area contributed by atoms with E-state index in [2.05, 4.69) is 36.8 Å². The molecule has 0 aromatic heterocycles. The largest absolute Gasteiger partial charge is 0.253 e. The molecule has 11 heavy (non-hydrogen) atoms. The minimum absolute atomic E-state index is 0.509. The third kappa shape index (κ3) is 1.06. The molecule has 0 amide bonds. The van der Waals surface area contributed by atoms with Crippen LogP contribution in [0.15, 0.2) is 23.1 Å². The van der Waals surface area contributed by atoms with Crippen molar-refractivity contribution in [3.63, 3.8) is 0 Å². The Labute approximate surface area is 71.3 Å². The number of nitrogens with one attached hydrogen (secondary N) is 1. The van der Waals surface area contributed by atoms with E-state index in [0.29, 0.717) is 6.04 Å². The van der Waals surface area contributed by atoms with Crippen molar-refractivity contribution in [2.24, 2.45) is 0 Å². The molecule has 0 spiro atoms. The molecule has 1 atom stereocenters. The van der Waals surface area contributed by atoms with Gasteiger partial charge in [0.2, 0.25) is 0 Å². The fourth-order valence-electron chi connectivity index (χ4n) is 1.37. The van der Waals surface area contributed by atoms with E-state index in [1.165, 1.54) is 16.0 Å². The molecular weight excluding hydrogens is 154 g/mol. The maximum atomic E-state index is 3.34. The number of benzene rings is 1. The average Bonchev–Trinajstić information content (AvgIpc) is 2.35. The number of hydrogen-bond acceptors (Lipinski definition) is 2. The van der Waals surface area contributed by atoms with E-state index in [4.69, 9.17) is 0 Å². The lowest BCUT2D eigenvalue weighted by molar-refractivity contribution is 0.764. The van der Waals surface area contributed by atoms with Crippen LogP contribution in [0.2, 0.25) is 0 Å². The van der Waals surface area contributed by atoms with E-state index in [9.17, 15) is 0 Å². The zero-order chi connectivity index (χ0) is 7.84. The van der Waals surface area contributed by atoms with Gasteiger partial charge in [0.05, 0.1) is 0 Å². The molecule has 2 heteroatoms. The summed E-state index contributed by atoms with van der Waals surface area (Å²) in [6.07, 6.45) is 0. The van der Waals surface area contributed by atoms with Crippen LogP contribution in [0, 0.1) is 6.92 Å². The Morgan fingerprint density at radius 2 is 2.27 bits per heavy atom. The van der Waals surface area contributed by atoms with Gasteiger partial charge in [-0.2, -0.15) is 0 Å². The highest BCUT2D eigenvalue weighted by Gasteiger charge is 2.19. The lowest BCUT2D eigenvalue weighted by atomic mass is 10.1. The van der Waals surface area contributed by atoms with Gasteiger partial charge in [-0.1, -0.05) is 18.2 Å². The van der Waals surface area contributed by atoms with Crippen LogP contribution in [-0.4, -0.2) is 0 Å². The van der Waals surface area contributed by atoms with Crippen LogP contribution in [0.5, 0.6) is 0 Å². The molecule has 0 unspecified atom stereocenters. The second kappa shape index (κ2) is 2.54. The predicted molar refractivity (Wildman–Crippen MR) is 48.6 cm³/mol. The molecule has 0 aliphatic carbocycles. The molecule has 0 bridgehead atoms. The van der Waals surface area contributed by atoms with Crippen molar-refractivity contribution in [3.05, 3.63) is 29.3 Å². The molecule has 1 N–H and O–H groups in total. The van der Waals surface area contributed by atoms with Crippen molar-refractivity contribution in [1.82, 2.24) is 4.72 Å². The summed E-state index contributed by atoms with van der Waals surface area (Å²) in [4.78, 5) is 1.42. The Hall–Kier alpha value is -0.470. The smallest absolute Gasteiger partial charge is 0.0408 e. The standard InChI is InChI=1S/C9H11NS/c1-6-4-3-5-8-7(2)10-11-9(6)8/h3-5,7,10H,1-2H3/t7-/m1/s1. The summed E-state index contributed by atoms with van der Waals surface area (Å²) in [5.74, 6) is 0. The van der Waals surface area contributed by atoms with Gasteiger partial charge in [0.1, 0.15) is 0 Å². The molecule has 2 rings (SSSR count). The van der Waals surface area contributed by atoms with Gasteiger partial charge in [-0.15, -0.1) is 0 Å². The van der Waals surface area contributed by atoms with Crippen LogP contribution in [0.3, 0.4) is 0 Å². The van der Waals surface area contributed by atoms with Gasteiger partial charge >= 0.3 is 0 Å². The molecule has 1 aromatic rings. The van der Waals surface area contributed by atoms with Gasteiger partial charge in [-0.25, -0.2) is 0 Å². The van der Waals surface area contributed by atoms with E-state index >= 15 is 0 Å². The third-order valence-electron chi connectivity index (χ3n) is 2.05. The van der Waals surface area contributed by atoms with Crippen molar-refractivity contribution < 1.29 is 0 Å². The molecule has 1 aliphatic rings. The molecule has 1 heterocycles. The average molecular weight is 165 g/mol. The fraction of sp³-hybridized carbons (Fsp3) is 0.333. The van der Waals surface area contributed by atoms with Gasteiger partial charge < -0.3 is 0 Å². The molecule has 0 radical (unpaired) electrons. The van der Waals surface area contributed by atoms with Crippen molar-refractivity contribution in [1.29, 1.82) is 0 Å². The first-order chi connectivity index (χ1) is 5.29. The highest BCUT2D eigenvalue weighted by Crippen LogP contribution is 2.36. The van der Waals surface area contributed by atoms with Crippen molar-refractivity contribution in [2.75, 3.05) is 0 Å². The van der Waals surface area contributed by atoms with Crippen LogP contribution in [0.25, 0.3) is 0 Å². The van der Waals surface area contributed by atoms with Crippen LogP contribution in [0.4, 0.5) is 0 Å². The van der Waals surface area contributed by atoms with Gasteiger partial charge in [-0.3, -0.25) is 4.72 Å². The first-order valence-corrected chi connectivity index (χ1v) is 4.62. The Bertz CT molecular complexity index is 283. The van der Waals surface area contributed by atoms with Crippen molar-refractivity contribution in [3.8, 4) is 0 Å². The zero-order valence-corrected chi connectivity index (χ0v) is 7.53. The van der Waals surface area contributed by atoms with E-state index in [1.807, 2.05) is 0 Å². The summed E-state index contributed by atoms with van der Waals surface area (Å²) in [7, 11) is 0. The van der Waals surface area contributed by atoms with Gasteiger partial charge in [0.25, 0.3) is 0 Å². The zero-order valence-electron chi connectivity index (χ0n) is 6.72. The third-order valence-corrected chi connectivity index (χ3v) is 3.28. The summed E-state index contributed by atoms with van der Waals surface area (Å²) in [5, 5.41) is 0. The van der Waals surface area contributed by atoms with Gasteiger partial charge in [0.15, 0.2) is 0 Å². The summed E-state index contributed by atoms with van der Waals surface area (Å²) in [5.41, 5.74) is 2.82. The van der Waals surface area contributed by atoms with Gasteiger partial charge in [-0.05, 0) is 36.9 Å². The number of fused-ring (bicyclic) bond motifs is 1. The van der Waals surface area contributed by atoms with Crippen LogP contribution < -0.4 is 4.72 Å². The van der Waals surface area contributed by atoms with E-state index < -0.39 is 0 Å². The summed E-state index contributed by atoms with van der Waals surface area (Å²) in [6, 6.07) is 6.99. The lowest BCUT2D eigenvalue weighted by Crippen LogP contribution is -2.00. The maximum Gasteiger partial charge on any atom is 0.0408 e. The number of aryl methyl sites for hydroxylation is 1. The minimum Gasteiger partial charge on any atom is -0.253 e. The predicted octanol–water partition coefficient (Wildman–Crippen LogP) is 2.67. The summed E-state index contributed by atoms with van der Waals surface area (Å²) < 4.78 is 3.34. The molecule has 1 aromatic carbocycles. The lowest BCUT2D eigenvalue weighted by Gasteiger charge is -2.02. The SMILES string of the molecule is Cc1cccc2c1SN[C@@H]2C. The molecule has 58 valence electrons. The maximum absolute atomic E-state index is 3.34. The first-order valence-electron chi connectivity index (χ1n) is 3.81. The highest BCUT2D eigenvalue weighted by atomic mass is 32.2. The molecule has 0 fully saturated rings. The highest BCUT2D eigenvalue weighted by molar-refractivity contribution is 7.97. The monoisotopic (exact) mass is 165 g/mol. The van der Waals surface area contributed by atoms with E-state index in [0.717, 1.165) is 0 Å². The summed E-state index contributed by atoms with van der Waals surface area (Å²) >= 11 is 1.75. The van der Waals surface area contributed by atoms with Crippen LogP contribution >= 0.6 is 11.9 Å². The quantitative estimate of drug-likeness (QED) is 0.593. The summed E-state index contributed by atoms with van der Waals surface area (Å²) in [6.45, 7) is 4.35. The van der Waals surface area contributed by atoms with Crippen LogP contribution in [0.1, 0.15) is 24.1 Å². The molecule has 1 aliphatic heterocycles. The Morgan fingerprint density at radius 3 is 3.00 bits per heavy atom. The van der Waals surface area contributed by atoms with E-state index in [1.54, 1.807) is 11.9 Å². The Morgan fingerprint density at radius 1 is 1.45 bits per heavy atom. The first kappa shape index (κ1) is 7.19. The number of rotatable bonds is 0. The van der Waals surface area contributed by atoms with Gasteiger partial charge in [0, 0.05) is 10.9 Å². The van der Waals surface area contributed by atoms with Crippen LogP contribution in [-0.2, 0) is 0 Å². The van der Waals surface area contributed by atoms with Crippen molar-refractivity contribution >= 4 is 11.9 Å². The Balaban J connectivity index is 2.57. The topological polar surface area (TPSA) is 12.0 Å². The number of hydrogen-bond donors (Lipinski definition) is 1. The Kier molecular flexibility index (Phi) is 1.66. The second-order valence-electron chi connectivity index (χ2n) is 2.93. The molecular formula is C9H11NS. The fourth-order valence-corrected chi connectivity index (χ4v) is 2.38. The molecule has 0 saturated carbocycles. The van der Waals surface area contributed by atoms with E-state index in [-0.39, 0.29) is 0 Å². The normalized spacial score (nSPS) is 21.8.